The third-order valence-electron chi connectivity index (χ3n) is 0.507. The Kier molecular flexibility index (Phi) is 13.3. The Morgan fingerprint density at radius 3 is 2.12 bits per heavy atom. The second-order valence-corrected chi connectivity index (χ2v) is 2.83. The van der Waals surface area contributed by atoms with E-state index in [2.05, 4.69) is 31.9 Å². The maximum atomic E-state index is 10.1. The van der Waals surface area contributed by atoms with Crippen LogP contribution >= 0.6 is 31.9 Å². The van der Waals surface area contributed by atoms with Crippen LogP contribution < -0.4 is 0 Å². The van der Waals surface area contributed by atoms with Crippen molar-refractivity contribution in [3.63, 3.8) is 0 Å². The first-order valence-electron chi connectivity index (χ1n) is 2.01. The molecule has 4 heteroatoms. The molecule has 0 atom stereocenters. The van der Waals surface area contributed by atoms with Crippen LogP contribution in [0.5, 0.6) is 0 Å². The van der Waals surface area contributed by atoms with Gasteiger partial charge in [0.25, 0.3) is 0 Å². The van der Waals surface area contributed by atoms with Gasteiger partial charge in [0.1, 0.15) is 0 Å². The standard InChI is InChI=1S/C4H6Br2O.Na.H/c5-3-1-2-4(6)7;;/h1-3H2;;. The van der Waals surface area contributed by atoms with E-state index in [0.29, 0.717) is 6.42 Å². The summed E-state index contributed by atoms with van der Waals surface area (Å²) in [6.45, 7) is 0. The topological polar surface area (TPSA) is 17.1 Å². The Morgan fingerprint density at radius 1 is 1.50 bits per heavy atom. The molecule has 0 radical (unpaired) electrons. The molecule has 0 aliphatic heterocycles. The Labute approximate surface area is 88.1 Å². The maximum absolute atomic E-state index is 10.1. The number of alkyl halides is 1. The first kappa shape index (κ1) is 12.3. The molecular weight excluding hydrogens is 247 g/mol. The van der Waals surface area contributed by atoms with Crippen molar-refractivity contribution in [1.82, 2.24) is 0 Å². The number of rotatable bonds is 3. The summed E-state index contributed by atoms with van der Waals surface area (Å²) < 4.78 is 0.0898. The van der Waals surface area contributed by atoms with E-state index in [9.17, 15) is 4.79 Å². The van der Waals surface area contributed by atoms with Crippen LogP contribution in [0.15, 0.2) is 0 Å². The molecule has 0 saturated carbocycles. The molecule has 0 aromatic heterocycles. The number of hydrogen-bond donors (Lipinski definition) is 0. The number of carbonyl (C=O) groups is 1. The summed E-state index contributed by atoms with van der Waals surface area (Å²) in [4.78, 5) is 10.1. The molecule has 0 fully saturated rings. The third kappa shape index (κ3) is 10.6. The van der Waals surface area contributed by atoms with E-state index >= 15 is 0 Å². The van der Waals surface area contributed by atoms with Gasteiger partial charge in [-0.25, -0.2) is 0 Å². The fraction of sp³-hybridized carbons (Fsp3) is 0.750. The summed E-state index contributed by atoms with van der Waals surface area (Å²) in [5, 5.41) is 0.907. The molecule has 8 heavy (non-hydrogen) atoms. The van der Waals surface area contributed by atoms with Gasteiger partial charge in [0.2, 0.25) is 0 Å². The Morgan fingerprint density at radius 2 is 2.00 bits per heavy atom. The molecular formula is C4H7Br2NaO. The molecule has 0 saturated heterocycles. The molecule has 0 bridgehead atoms. The Hall–Kier alpha value is 1.63. The minimum absolute atomic E-state index is 0. The SMILES string of the molecule is O=C(Br)CCCBr.[NaH]. The summed E-state index contributed by atoms with van der Waals surface area (Å²) in [7, 11) is 0. The molecule has 0 aromatic carbocycles. The van der Waals surface area contributed by atoms with Crippen molar-refractivity contribution >= 4 is 66.1 Å². The van der Waals surface area contributed by atoms with E-state index in [1.807, 2.05) is 0 Å². The normalized spacial score (nSPS) is 7.75. The second-order valence-electron chi connectivity index (χ2n) is 1.15. The monoisotopic (exact) mass is 252 g/mol. The van der Waals surface area contributed by atoms with Gasteiger partial charge < -0.3 is 0 Å². The summed E-state index contributed by atoms with van der Waals surface area (Å²) >= 11 is 6.02. The van der Waals surface area contributed by atoms with Gasteiger partial charge in [0.05, 0.1) is 0 Å². The number of halogens is 2. The van der Waals surface area contributed by atoms with Crippen molar-refractivity contribution in [2.45, 2.75) is 12.8 Å². The number of hydrogen-bond acceptors (Lipinski definition) is 1. The molecule has 1 nitrogen and oxygen atoms in total. The first-order valence-corrected chi connectivity index (χ1v) is 3.93. The van der Waals surface area contributed by atoms with Crippen LogP contribution in [0, 0.1) is 0 Å². The molecule has 0 amide bonds. The van der Waals surface area contributed by atoms with Crippen LogP contribution in [-0.2, 0) is 4.79 Å². The van der Waals surface area contributed by atoms with Gasteiger partial charge >= 0.3 is 29.6 Å². The summed E-state index contributed by atoms with van der Waals surface area (Å²) in [6.07, 6.45) is 1.55. The van der Waals surface area contributed by atoms with Gasteiger partial charge in [0, 0.05) is 11.8 Å². The summed E-state index contributed by atoms with van der Waals surface area (Å²) in [5.74, 6) is 0. The molecule has 0 rings (SSSR count). The van der Waals surface area contributed by atoms with Crippen molar-refractivity contribution in [2.75, 3.05) is 5.33 Å². The van der Waals surface area contributed by atoms with Crippen LogP contribution in [-0.4, -0.2) is 39.6 Å². The predicted molar refractivity (Wildman–Crippen MR) is 44.1 cm³/mol. The molecule has 0 unspecified atom stereocenters. The zero-order valence-electron chi connectivity index (χ0n) is 3.79. The van der Waals surface area contributed by atoms with Crippen LogP contribution in [0.2, 0.25) is 0 Å². The van der Waals surface area contributed by atoms with Gasteiger partial charge in [-0.3, -0.25) is 4.79 Å². The molecule has 0 aliphatic rings. The number of carbonyl (C=O) groups excluding carboxylic acids is 1. The van der Waals surface area contributed by atoms with Crippen molar-refractivity contribution in [2.24, 2.45) is 0 Å². The van der Waals surface area contributed by atoms with E-state index in [-0.39, 0.29) is 34.2 Å². The van der Waals surface area contributed by atoms with Gasteiger partial charge in [-0.1, -0.05) is 15.9 Å². The molecule has 0 aromatic rings. The van der Waals surface area contributed by atoms with Crippen molar-refractivity contribution < 1.29 is 4.79 Å². The van der Waals surface area contributed by atoms with E-state index in [1.165, 1.54) is 0 Å². The molecule has 0 heterocycles. The van der Waals surface area contributed by atoms with Crippen LogP contribution in [0.3, 0.4) is 0 Å². The average Bonchev–Trinajstić information content (AvgIpc) is 1.61. The first-order chi connectivity index (χ1) is 3.27. The fourth-order valence-corrected chi connectivity index (χ4v) is 0.767. The molecule has 0 N–H and O–H groups in total. The van der Waals surface area contributed by atoms with Crippen molar-refractivity contribution in [3.05, 3.63) is 0 Å². The van der Waals surface area contributed by atoms with Crippen molar-refractivity contribution in [3.8, 4) is 0 Å². The zero-order valence-corrected chi connectivity index (χ0v) is 6.96. The molecule has 0 aliphatic carbocycles. The third-order valence-corrected chi connectivity index (χ3v) is 1.46. The summed E-state index contributed by atoms with van der Waals surface area (Å²) in [5.41, 5.74) is 0. The van der Waals surface area contributed by atoms with Gasteiger partial charge in [-0.2, -0.15) is 0 Å². The van der Waals surface area contributed by atoms with E-state index < -0.39 is 0 Å². The van der Waals surface area contributed by atoms with Crippen molar-refractivity contribution in [1.29, 1.82) is 0 Å². The van der Waals surface area contributed by atoms with Crippen LogP contribution in [0.1, 0.15) is 12.8 Å². The molecule has 44 valence electrons. The van der Waals surface area contributed by atoms with E-state index in [1.54, 1.807) is 0 Å². The fourth-order valence-electron chi connectivity index (χ4n) is 0.206. The van der Waals surface area contributed by atoms with Gasteiger partial charge in [-0.05, 0) is 22.4 Å². The second kappa shape index (κ2) is 8.63. The Bertz CT molecular complexity index is 67.1. The summed E-state index contributed by atoms with van der Waals surface area (Å²) in [6, 6.07) is 0. The van der Waals surface area contributed by atoms with Crippen LogP contribution in [0.4, 0.5) is 0 Å². The average molecular weight is 254 g/mol. The van der Waals surface area contributed by atoms with Gasteiger partial charge in [0.15, 0.2) is 4.69 Å². The van der Waals surface area contributed by atoms with Crippen LogP contribution in [0.25, 0.3) is 0 Å². The van der Waals surface area contributed by atoms with E-state index in [4.69, 9.17) is 0 Å². The van der Waals surface area contributed by atoms with Gasteiger partial charge in [-0.15, -0.1) is 0 Å². The Balaban J connectivity index is 0. The zero-order chi connectivity index (χ0) is 5.70. The molecule has 0 spiro atoms. The predicted octanol–water partition coefficient (Wildman–Crippen LogP) is 1.43. The quantitative estimate of drug-likeness (QED) is 0.423. The minimum atomic E-state index is 0. The van der Waals surface area contributed by atoms with E-state index in [0.717, 1.165) is 11.8 Å².